The van der Waals surface area contributed by atoms with E-state index < -0.39 is 11.9 Å². The summed E-state index contributed by atoms with van der Waals surface area (Å²) in [4.78, 5) is 34.8. The van der Waals surface area contributed by atoms with Crippen LogP contribution < -0.4 is 0 Å². The Kier molecular flexibility index (Phi) is 8.12. The van der Waals surface area contributed by atoms with Crippen LogP contribution in [0, 0.1) is 0 Å². The zero-order valence-electron chi connectivity index (χ0n) is 18.9. The fraction of sp³-hybridized carbons (Fsp3) is 0.154. The lowest BCUT2D eigenvalue weighted by atomic mass is 10.3. The highest BCUT2D eigenvalue weighted by atomic mass is 16.4. The zero-order valence-corrected chi connectivity index (χ0v) is 18.9. The largest absolute Gasteiger partial charge is 0.481 e. The molecule has 2 aliphatic heterocycles. The predicted octanol–water partition coefficient (Wildman–Crippen LogP) is 5.62. The van der Waals surface area contributed by atoms with Crippen molar-refractivity contribution in [2.75, 3.05) is 0 Å². The maximum atomic E-state index is 9.37. The molecule has 8 bridgehead atoms. The van der Waals surface area contributed by atoms with E-state index in [0.29, 0.717) is 0 Å². The highest BCUT2D eigenvalue weighted by molar-refractivity contribution is 5.77. The van der Waals surface area contributed by atoms with Gasteiger partial charge < -0.3 is 20.2 Å². The Labute approximate surface area is 196 Å². The Morgan fingerprint density at radius 1 is 0.618 bits per heavy atom. The Morgan fingerprint density at radius 3 is 1.06 bits per heavy atom. The Bertz CT molecular complexity index is 1210. The van der Waals surface area contributed by atoms with Gasteiger partial charge in [-0.2, -0.15) is 0 Å². The van der Waals surface area contributed by atoms with Gasteiger partial charge in [-0.15, -0.1) is 0 Å². The van der Waals surface area contributed by atoms with Gasteiger partial charge in [0.15, 0.2) is 0 Å². The van der Waals surface area contributed by atoms with E-state index >= 15 is 0 Å². The van der Waals surface area contributed by atoms with E-state index in [4.69, 9.17) is 10.2 Å². The summed E-state index contributed by atoms with van der Waals surface area (Å²) in [6, 6.07) is 16.4. The number of hydrogen-bond acceptors (Lipinski definition) is 4. The summed E-state index contributed by atoms with van der Waals surface area (Å²) < 4.78 is 0. The Hall–Kier alpha value is -4.46. The molecule has 8 nitrogen and oxygen atoms in total. The van der Waals surface area contributed by atoms with Gasteiger partial charge in [0.2, 0.25) is 0 Å². The lowest BCUT2D eigenvalue weighted by Gasteiger charge is -1.85. The number of aliphatic carboxylic acids is 2. The molecule has 4 N–H and O–H groups in total. The molecule has 0 atom stereocenters. The first-order valence-corrected chi connectivity index (χ1v) is 10.8. The lowest BCUT2D eigenvalue weighted by molar-refractivity contribution is -0.137. The van der Waals surface area contributed by atoms with Gasteiger partial charge in [0, 0.05) is 34.9 Å². The molecule has 2 aliphatic rings. The average molecular weight is 459 g/mol. The van der Waals surface area contributed by atoms with Gasteiger partial charge in [-0.05, 0) is 72.8 Å². The molecule has 3 aromatic heterocycles. The molecule has 3 aromatic rings. The molecule has 0 saturated carbocycles. The summed E-state index contributed by atoms with van der Waals surface area (Å²) in [5.74, 6) is -1.49. The highest BCUT2D eigenvalue weighted by Gasteiger charge is 2.01. The first-order valence-electron chi connectivity index (χ1n) is 10.8. The molecule has 0 aliphatic carbocycles. The third-order valence-corrected chi connectivity index (χ3v) is 4.65. The van der Waals surface area contributed by atoms with E-state index in [1.54, 1.807) is 13.8 Å². The van der Waals surface area contributed by atoms with E-state index in [-0.39, 0.29) is 12.8 Å². The van der Waals surface area contributed by atoms with E-state index in [1.165, 1.54) is 0 Å². The monoisotopic (exact) mass is 458 g/mol. The summed E-state index contributed by atoms with van der Waals surface area (Å²) in [6.07, 6.45) is 8.53. The topological polar surface area (TPSA) is 132 Å². The van der Waals surface area contributed by atoms with Crippen molar-refractivity contribution in [1.29, 1.82) is 0 Å². The Morgan fingerprint density at radius 2 is 0.853 bits per heavy atom. The van der Waals surface area contributed by atoms with Crippen molar-refractivity contribution in [3.63, 3.8) is 0 Å². The summed E-state index contributed by atoms with van der Waals surface area (Å²) in [6.45, 7) is 3.20. The number of nitrogens with zero attached hydrogens (tertiary/aromatic N) is 2. The molecular weight excluding hydrogens is 432 g/mol. The maximum Gasteiger partial charge on any atom is 0.303 e. The van der Waals surface area contributed by atoms with Crippen LogP contribution >= 0.6 is 0 Å². The van der Waals surface area contributed by atoms with Gasteiger partial charge in [-0.3, -0.25) is 9.59 Å². The molecule has 0 spiro atoms. The van der Waals surface area contributed by atoms with Crippen molar-refractivity contribution in [3.8, 4) is 0 Å². The number of aromatic amines is 2. The minimum absolute atomic E-state index is 0.222. The normalized spacial score (nSPS) is 11.1. The fourth-order valence-corrected chi connectivity index (χ4v) is 2.94. The van der Waals surface area contributed by atoms with Crippen LogP contribution in [-0.2, 0) is 9.59 Å². The molecule has 0 radical (unpaired) electrons. The smallest absolute Gasteiger partial charge is 0.303 e. The fourth-order valence-electron chi connectivity index (χ4n) is 2.94. The van der Waals surface area contributed by atoms with Crippen molar-refractivity contribution in [2.45, 2.75) is 26.7 Å². The summed E-state index contributed by atoms with van der Waals surface area (Å²) in [5, 5.41) is 15.4. The number of carbonyl (C=O) groups is 2. The van der Waals surface area contributed by atoms with Gasteiger partial charge in [0.05, 0.1) is 22.8 Å². The van der Waals surface area contributed by atoms with Gasteiger partial charge >= 0.3 is 11.9 Å². The average Bonchev–Trinajstić information content (AvgIpc) is 3.60. The second-order valence-corrected chi connectivity index (χ2v) is 7.40. The van der Waals surface area contributed by atoms with Crippen LogP contribution in [0.25, 0.3) is 46.4 Å². The van der Waals surface area contributed by atoms with Crippen LogP contribution in [0.4, 0.5) is 0 Å². The molecule has 0 aromatic carbocycles. The molecule has 5 rings (SSSR count). The quantitative estimate of drug-likeness (QED) is 0.271. The second-order valence-electron chi connectivity index (χ2n) is 7.40. The highest BCUT2D eigenvalue weighted by Crippen LogP contribution is 2.16. The number of carboxylic acids is 2. The van der Waals surface area contributed by atoms with Crippen molar-refractivity contribution in [3.05, 3.63) is 71.3 Å². The van der Waals surface area contributed by atoms with Crippen LogP contribution in [-0.4, -0.2) is 42.1 Å². The van der Waals surface area contributed by atoms with Crippen LogP contribution in [0.1, 0.15) is 49.5 Å². The summed E-state index contributed by atoms with van der Waals surface area (Å²) >= 11 is 0. The van der Waals surface area contributed by atoms with Gasteiger partial charge in [0.1, 0.15) is 0 Å². The number of rotatable bonds is 2. The molecule has 174 valence electrons. The minimum Gasteiger partial charge on any atom is -0.481 e. The number of hydrogen-bond donors (Lipinski definition) is 4. The third kappa shape index (κ3) is 7.30. The van der Waals surface area contributed by atoms with Crippen LogP contribution in [0.15, 0.2) is 48.5 Å². The lowest BCUT2D eigenvalue weighted by Crippen LogP contribution is -1.86. The standard InChI is InChI=1S/C20H14N4.2C3H6O2/c1-2-14-10-16-5-6-18(23-16)12-20-8-7-19(24-20)11-17-4-3-15(22-17)9-13(1)21-14;2*1-2-3(4)5/h1-12,21,24H;2*2H2,1H3,(H,4,5). The van der Waals surface area contributed by atoms with E-state index in [2.05, 4.69) is 44.2 Å². The first-order chi connectivity index (χ1) is 16.3. The molecular formula is C26H26N4O4. The third-order valence-electron chi connectivity index (χ3n) is 4.65. The van der Waals surface area contributed by atoms with Gasteiger partial charge in [-0.25, -0.2) is 9.97 Å². The first kappa shape index (κ1) is 24.2. The molecule has 5 heterocycles. The van der Waals surface area contributed by atoms with Crippen molar-refractivity contribution >= 4 is 58.3 Å². The van der Waals surface area contributed by atoms with Crippen LogP contribution in [0.5, 0.6) is 0 Å². The number of fused-ring (bicyclic) bond motifs is 8. The van der Waals surface area contributed by atoms with E-state index in [9.17, 15) is 9.59 Å². The minimum atomic E-state index is -0.745. The van der Waals surface area contributed by atoms with Crippen molar-refractivity contribution in [1.82, 2.24) is 19.9 Å². The van der Waals surface area contributed by atoms with Gasteiger partial charge in [0.25, 0.3) is 0 Å². The molecule has 0 saturated heterocycles. The zero-order chi connectivity index (χ0) is 24.5. The van der Waals surface area contributed by atoms with Crippen LogP contribution in [0.3, 0.4) is 0 Å². The molecule has 0 amide bonds. The maximum absolute atomic E-state index is 9.37. The number of H-pyrrole nitrogens is 2. The SMILES string of the molecule is C1=Cc2cc3ccc(cc4nc(cc5ccc(cc1n2)[nH]5)C=C4)[nH]3.CCC(=O)O.CCC(=O)O. The van der Waals surface area contributed by atoms with Gasteiger partial charge in [-0.1, -0.05) is 13.8 Å². The summed E-state index contributed by atoms with van der Waals surface area (Å²) in [7, 11) is 0. The molecule has 0 fully saturated rings. The number of nitrogens with one attached hydrogen (secondary N) is 2. The van der Waals surface area contributed by atoms with E-state index in [1.807, 2.05) is 48.6 Å². The van der Waals surface area contributed by atoms with Crippen molar-refractivity contribution in [2.24, 2.45) is 0 Å². The van der Waals surface area contributed by atoms with Crippen LogP contribution in [0.2, 0.25) is 0 Å². The number of carboxylic acid groups (broad SMARTS) is 2. The molecule has 8 heteroatoms. The predicted molar refractivity (Wildman–Crippen MR) is 135 cm³/mol. The summed E-state index contributed by atoms with van der Waals surface area (Å²) in [5.41, 5.74) is 7.86. The molecule has 34 heavy (non-hydrogen) atoms. The van der Waals surface area contributed by atoms with E-state index in [0.717, 1.165) is 44.8 Å². The van der Waals surface area contributed by atoms with Crippen molar-refractivity contribution < 1.29 is 19.8 Å². The second kappa shape index (κ2) is 11.4. The molecule has 0 unspecified atom stereocenters. The number of aromatic nitrogens is 4. The Balaban J connectivity index is 0.000000277.